The van der Waals surface area contributed by atoms with Gasteiger partial charge < -0.3 is 4.42 Å². The first-order valence-corrected chi connectivity index (χ1v) is 12.1. The average Bonchev–Trinajstić information content (AvgIpc) is 3.37. The Morgan fingerprint density at radius 2 is 1.40 bits per heavy atom. The van der Waals surface area contributed by atoms with Crippen LogP contribution in [0.2, 0.25) is 5.15 Å². The van der Waals surface area contributed by atoms with E-state index in [1.165, 1.54) is 27.8 Å². The molecule has 168 valence electrons. The van der Waals surface area contributed by atoms with Gasteiger partial charge in [0.25, 0.3) is 0 Å². The van der Waals surface area contributed by atoms with Gasteiger partial charge in [-0.1, -0.05) is 98.2 Å². The van der Waals surface area contributed by atoms with Crippen LogP contribution in [0, 0.1) is 0 Å². The Hall–Kier alpha value is -3.95. The Balaban J connectivity index is 1.40. The van der Waals surface area contributed by atoms with Crippen LogP contribution in [0.4, 0.5) is 0 Å². The van der Waals surface area contributed by atoms with E-state index in [0.717, 1.165) is 27.6 Å². The molecule has 0 aliphatic heterocycles. The Labute approximate surface area is 208 Å². The normalized spacial score (nSPS) is 13.8. The van der Waals surface area contributed by atoms with Crippen LogP contribution in [-0.4, -0.2) is 9.97 Å². The number of benzene rings is 4. The van der Waals surface area contributed by atoms with E-state index in [4.69, 9.17) is 21.0 Å². The second-order valence-corrected chi connectivity index (χ2v) is 9.98. The summed E-state index contributed by atoms with van der Waals surface area (Å²) in [6, 6.07) is 31.6. The molecule has 0 radical (unpaired) electrons. The largest absolute Gasteiger partial charge is 0.451 e. The highest BCUT2D eigenvalue weighted by Gasteiger charge is 2.35. The van der Waals surface area contributed by atoms with Gasteiger partial charge in [0.15, 0.2) is 16.6 Å². The highest BCUT2D eigenvalue weighted by Crippen LogP contribution is 2.49. The zero-order valence-electron chi connectivity index (χ0n) is 19.3. The Morgan fingerprint density at radius 3 is 2.26 bits per heavy atom. The molecule has 0 unspecified atom stereocenters. The Bertz CT molecular complexity index is 1780. The Morgan fingerprint density at radius 1 is 0.686 bits per heavy atom. The molecule has 0 N–H and O–H groups in total. The molecule has 0 saturated heterocycles. The maximum atomic E-state index is 6.54. The molecule has 6 aromatic rings. The van der Waals surface area contributed by atoms with Crippen molar-refractivity contribution in [1.29, 1.82) is 0 Å². The molecule has 0 spiro atoms. The Kier molecular flexibility index (Phi) is 4.24. The zero-order chi connectivity index (χ0) is 23.7. The van der Waals surface area contributed by atoms with Gasteiger partial charge in [0.1, 0.15) is 11.1 Å². The first-order chi connectivity index (χ1) is 17.0. The molecule has 4 heteroatoms. The number of hydrogen-bond acceptors (Lipinski definition) is 3. The molecule has 0 saturated carbocycles. The summed E-state index contributed by atoms with van der Waals surface area (Å²) < 4.78 is 6.06. The minimum atomic E-state index is -0.0420. The van der Waals surface area contributed by atoms with E-state index >= 15 is 0 Å². The van der Waals surface area contributed by atoms with E-state index in [0.29, 0.717) is 16.6 Å². The van der Waals surface area contributed by atoms with E-state index in [2.05, 4.69) is 73.4 Å². The predicted molar refractivity (Wildman–Crippen MR) is 143 cm³/mol. The standard InChI is InChI=1S/C31H21ClN2O/c1-31(2)24-11-7-6-10-21(24)22-14-12-20(17-25(22)31)19-13-15-26-23(16-19)27-28(35-26)29(32)34-30(33-27)18-8-4-3-5-9-18/h3-17H,1-2H3. The van der Waals surface area contributed by atoms with Gasteiger partial charge in [-0.3, -0.25) is 0 Å². The van der Waals surface area contributed by atoms with E-state index in [1.54, 1.807) is 0 Å². The van der Waals surface area contributed by atoms with Crippen molar-refractivity contribution < 1.29 is 4.42 Å². The smallest absolute Gasteiger partial charge is 0.191 e. The van der Waals surface area contributed by atoms with Crippen LogP contribution in [0.5, 0.6) is 0 Å². The predicted octanol–water partition coefficient (Wildman–Crippen LogP) is 8.67. The number of rotatable bonds is 2. The topological polar surface area (TPSA) is 38.9 Å². The van der Waals surface area contributed by atoms with E-state index in [9.17, 15) is 0 Å². The lowest BCUT2D eigenvalue weighted by atomic mass is 9.81. The molecule has 2 heterocycles. The van der Waals surface area contributed by atoms with Crippen molar-refractivity contribution in [3.63, 3.8) is 0 Å². The average molecular weight is 473 g/mol. The van der Waals surface area contributed by atoms with Crippen molar-refractivity contribution in [2.75, 3.05) is 0 Å². The molecule has 1 aliphatic carbocycles. The number of furan rings is 1. The molecule has 0 amide bonds. The molecule has 1 aliphatic rings. The van der Waals surface area contributed by atoms with Gasteiger partial charge in [-0.15, -0.1) is 0 Å². The van der Waals surface area contributed by atoms with Crippen molar-refractivity contribution in [2.24, 2.45) is 0 Å². The monoisotopic (exact) mass is 472 g/mol. The molecule has 0 fully saturated rings. The zero-order valence-corrected chi connectivity index (χ0v) is 20.1. The lowest BCUT2D eigenvalue weighted by molar-refractivity contribution is 0.660. The van der Waals surface area contributed by atoms with Crippen molar-refractivity contribution in [1.82, 2.24) is 9.97 Å². The minimum Gasteiger partial charge on any atom is -0.451 e. The lowest BCUT2D eigenvalue weighted by Gasteiger charge is -2.22. The first-order valence-electron chi connectivity index (χ1n) is 11.7. The first kappa shape index (κ1) is 20.4. The molecule has 3 nitrogen and oxygen atoms in total. The third-order valence-electron chi connectivity index (χ3n) is 7.22. The van der Waals surface area contributed by atoms with Crippen molar-refractivity contribution >= 4 is 33.7 Å². The van der Waals surface area contributed by atoms with Gasteiger partial charge in [-0.2, -0.15) is 0 Å². The number of fused-ring (bicyclic) bond motifs is 6. The summed E-state index contributed by atoms with van der Waals surface area (Å²) in [6.07, 6.45) is 0. The van der Waals surface area contributed by atoms with Crippen LogP contribution in [0.3, 0.4) is 0 Å². The molecule has 0 atom stereocenters. The summed E-state index contributed by atoms with van der Waals surface area (Å²) >= 11 is 6.54. The van der Waals surface area contributed by atoms with E-state index in [1.807, 2.05) is 36.4 Å². The van der Waals surface area contributed by atoms with Gasteiger partial charge in [-0.05, 0) is 51.6 Å². The fourth-order valence-corrected chi connectivity index (χ4v) is 5.60. The summed E-state index contributed by atoms with van der Waals surface area (Å²) in [5, 5.41) is 1.26. The van der Waals surface area contributed by atoms with E-state index < -0.39 is 0 Å². The number of nitrogens with zero attached hydrogens (tertiary/aromatic N) is 2. The lowest BCUT2D eigenvalue weighted by Crippen LogP contribution is -2.14. The van der Waals surface area contributed by atoms with Gasteiger partial charge in [0.2, 0.25) is 0 Å². The van der Waals surface area contributed by atoms with Crippen LogP contribution < -0.4 is 0 Å². The van der Waals surface area contributed by atoms with Crippen LogP contribution >= 0.6 is 11.6 Å². The fourth-order valence-electron chi connectivity index (χ4n) is 5.39. The van der Waals surface area contributed by atoms with E-state index in [-0.39, 0.29) is 5.41 Å². The molecular formula is C31H21ClN2O. The van der Waals surface area contributed by atoms with Gasteiger partial charge >= 0.3 is 0 Å². The second kappa shape index (κ2) is 7.27. The summed E-state index contributed by atoms with van der Waals surface area (Å²) in [4.78, 5) is 9.33. The fraction of sp³-hybridized carbons (Fsp3) is 0.0968. The SMILES string of the molecule is CC1(C)c2ccccc2-c2ccc(-c3ccc4oc5c(Cl)nc(-c6ccccc6)nc5c4c3)cc21. The van der Waals surface area contributed by atoms with Crippen LogP contribution in [0.15, 0.2) is 95.4 Å². The summed E-state index contributed by atoms with van der Waals surface area (Å²) in [6.45, 7) is 4.61. The number of halogens is 1. The molecule has 4 aromatic carbocycles. The van der Waals surface area contributed by atoms with Gasteiger partial charge in [0, 0.05) is 16.4 Å². The molecular weight excluding hydrogens is 452 g/mol. The molecule has 2 aromatic heterocycles. The maximum absolute atomic E-state index is 6.54. The third kappa shape index (κ3) is 2.98. The van der Waals surface area contributed by atoms with Crippen molar-refractivity contribution in [2.45, 2.75) is 19.3 Å². The number of aromatic nitrogens is 2. The van der Waals surface area contributed by atoms with Gasteiger partial charge in [0.05, 0.1) is 0 Å². The molecule has 35 heavy (non-hydrogen) atoms. The van der Waals surface area contributed by atoms with Crippen molar-refractivity contribution in [3.8, 4) is 33.6 Å². The van der Waals surface area contributed by atoms with Crippen LogP contribution in [0.25, 0.3) is 55.7 Å². The summed E-state index contributed by atoms with van der Waals surface area (Å²) in [7, 11) is 0. The van der Waals surface area contributed by atoms with Crippen LogP contribution in [0.1, 0.15) is 25.0 Å². The highest BCUT2D eigenvalue weighted by atomic mass is 35.5. The highest BCUT2D eigenvalue weighted by molar-refractivity contribution is 6.34. The molecule has 0 bridgehead atoms. The van der Waals surface area contributed by atoms with Crippen LogP contribution in [-0.2, 0) is 5.41 Å². The summed E-state index contributed by atoms with van der Waals surface area (Å²) in [5.41, 5.74) is 10.5. The summed E-state index contributed by atoms with van der Waals surface area (Å²) in [5.74, 6) is 0.591. The second-order valence-electron chi connectivity index (χ2n) is 9.63. The number of hydrogen-bond donors (Lipinski definition) is 0. The minimum absolute atomic E-state index is 0.0420. The van der Waals surface area contributed by atoms with Gasteiger partial charge in [-0.25, -0.2) is 9.97 Å². The third-order valence-corrected chi connectivity index (χ3v) is 7.48. The van der Waals surface area contributed by atoms with Crippen molar-refractivity contribution in [3.05, 3.63) is 107 Å². The maximum Gasteiger partial charge on any atom is 0.191 e. The quantitative estimate of drug-likeness (QED) is 0.236. The molecule has 7 rings (SSSR count).